The number of carbonyl (C=O) groups excluding carboxylic acids is 2. The van der Waals surface area contributed by atoms with Gasteiger partial charge in [-0.25, -0.2) is 4.98 Å². The molecule has 0 spiro atoms. The second-order valence-corrected chi connectivity index (χ2v) is 12.3. The number of aromatic nitrogens is 4. The van der Waals surface area contributed by atoms with Crippen LogP contribution >= 0.6 is 23.1 Å². The molecule has 8 nitrogen and oxygen atoms in total. The van der Waals surface area contributed by atoms with Crippen molar-refractivity contribution in [3.05, 3.63) is 30.1 Å². The van der Waals surface area contributed by atoms with Crippen LogP contribution in [0.2, 0.25) is 0 Å². The standard InChI is InChI=1S/C25H30N6O2S2/c1-2-31-20(13-26-22(33)25-10-15-7-16(11-25)9-17(8-15)12-25)29-30-24(31)34-14-21(32)28-23-27-18-5-3-4-6-19(18)35-23/h3-6,15-17H,2,7-14H2,1H3,(H,26,33)(H,27,28,32). The van der Waals surface area contributed by atoms with Gasteiger partial charge in [-0.15, -0.1) is 10.2 Å². The van der Waals surface area contributed by atoms with Crippen LogP contribution in [0.3, 0.4) is 0 Å². The van der Waals surface area contributed by atoms with Crippen molar-refractivity contribution < 1.29 is 9.59 Å². The monoisotopic (exact) mass is 510 g/mol. The number of nitrogens with zero attached hydrogens (tertiary/aromatic N) is 4. The lowest BCUT2D eigenvalue weighted by Gasteiger charge is -2.55. The first kappa shape index (κ1) is 23.0. The summed E-state index contributed by atoms with van der Waals surface area (Å²) in [5, 5.41) is 16.0. The Morgan fingerprint density at radius 2 is 1.83 bits per heavy atom. The number of hydrogen-bond donors (Lipinski definition) is 2. The first-order valence-electron chi connectivity index (χ1n) is 12.5. The zero-order chi connectivity index (χ0) is 24.0. The van der Waals surface area contributed by atoms with E-state index in [-0.39, 0.29) is 23.0 Å². The van der Waals surface area contributed by atoms with Gasteiger partial charge in [0.1, 0.15) is 0 Å². The highest BCUT2D eigenvalue weighted by Gasteiger charge is 2.54. The van der Waals surface area contributed by atoms with Crippen LogP contribution in [0, 0.1) is 23.2 Å². The molecule has 184 valence electrons. The summed E-state index contributed by atoms with van der Waals surface area (Å²) in [4.78, 5) is 30.3. The molecule has 4 bridgehead atoms. The number of thioether (sulfide) groups is 1. The van der Waals surface area contributed by atoms with Gasteiger partial charge in [-0.1, -0.05) is 35.2 Å². The fourth-order valence-corrected chi connectivity index (χ4v) is 8.52. The summed E-state index contributed by atoms with van der Waals surface area (Å²) < 4.78 is 3.02. The van der Waals surface area contributed by atoms with Crippen LogP contribution in [0.4, 0.5) is 5.13 Å². The van der Waals surface area contributed by atoms with E-state index >= 15 is 0 Å². The number of nitrogens with one attached hydrogen (secondary N) is 2. The predicted molar refractivity (Wildman–Crippen MR) is 137 cm³/mol. The van der Waals surface area contributed by atoms with Crippen LogP contribution < -0.4 is 10.6 Å². The number of para-hydroxylation sites is 1. The van der Waals surface area contributed by atoms with Crippen LogP contribution in [0.5, 0.6) is 0 Å². The maximum absolute atomic E-state index is 13.3. The molecule has 3 aromatic rings. The minimum Gasteiger partial charge on any atom is -0.348 e. The quantitative estimate of drug-likeness (QED) is 0.434. The van der Waals surface area contributed by atoms with Gasteiger partial charge in [-0.05, 0) is 75.3 Å². The highest BCUT2D eigenvalue weighted by molar-refractivity contribution is 7.99. The third kappa shape index (κ3) is 4.46. The van der Waals surface area contributed by atoms with Crippen molar-refractivity contribution in [2.45, 2.75) is 63.7 Å². The second kappa shape index (κ2) is 9.20. The Hall–Kier alpha value is -2.46. The molecule has 1 aromatic carbocycles. The fraction of sp³-hybridized carbons (Fsp3) is 0.560. The van der Waals surface area contributed by atoms with Crippen molar-refractivity contribution in [3.63, 3.8) is 0 Å². The van der Waals surface area contributed by atoms with Gasteiger partial charge in [0.15, 0.2) is 16.1 Å². The van der Waals surface area contributed by atoms with Gasteiger partial charge >= 0.3 is 0 Å². The van der Waals surface area contributed by atoms with E-state index in [0.717, 1.165) is 53.1 Å². The van der Waals surface area contributed by atoms with Crippen molar-refractivity contribution >= 4 is 50.3 Å². The van der Waals surface area contributed by atoms with Gasteiger partial charge in [-0.2, -0.15) is 0 Å². The highest BCUT2D eigenvalue weighted by Crippen LogP contribution is 2.60. The summed E-state index contributed by atoms with van der Waals surface area (Å²) in [6.45, 7) is 3.08. The third-order valence-corrected chi connectivity index (χ3v) is 9.83. The number of anilines is 1. The van der Waals surface area contributed by atoms with E-state index in [1.165, 1.54) is 42.4 Å². The topological polar surface area (TPSA) is 102 Å². The molecule has 0 atom stereocenters. The zero-order valence-electron chi connectivity index (χ0n) is 19.8. The van der Waals surface area contributed by atoms with Crippen LogP contribution in [-0.2, 0) is 22.7 Å². The number of amides is 2. The summed E-state index contributed by atoms with van der Waals surface area (Å²) in [5.41, 5.74) is 0.716. The van der Waals surface area contributed by atoms with Gasteiger partial charge in [0.25, 0.3) is 0 Å². The van der Waals surface area contributed by atoms with E-state index in [2.05, 4.69) is 25.8 Å². The van der Waals surface area contributed by atoms with Gasteiger partial charge < -0.3 is 15.2 Å². The Kier molecular flexibility index (Phi) is 6.04. The minimum atomic E-state index is -0.165. The molecule has 2 aromatic heterocycles. The Balaban J connectivity index is 1.05. The molecule has 35 heavy (non-hydrogen) atoms. The lowest BCUT2D eigenvalue weighted by molar-refractivity contribution is -0.146. The van der Waals surface area contributed by atoms with E-state index in [0.29, 0.717) is 23.4 Å². The van der Waals surface area contributed by atoms with Crippen LogP contribution in [0.1, 0.15) is 51.3 Å². The number of carbonyl (C=O) groups is 2. The lowest BCUT2D eigenvalue weighted by Crippen LogP contribution is -2.53. The van der Waals surface area contributed by atoms with Gasteiger partial charge in [0, 0.05) is 12.0 Å². The maximum Gasteiger partial charge on any atom is 0.236 e. The molecule has 10 heteroatoms. The van der Waals surface area contributed by atoms with Gasteiger partial charge in [0.05, 0.1) is 22.5 Å². The van der Waals surface area contributed by atoms with E-state index < -0.39 is 0 Å². The van der Waals surface area contributed by atoms with E-state index in [9.17, 15) is 9.59 Å². The summed E-state index contributed by atoms with van der Waals surface area (Å²) in [6.07, 6.45) is 7.12. The van der Waals surface area contributed by atoms with Crippen molar-refractivity contribution in [1.29, 1.82) is 0 Å². The van der Waals surface area contributed by atoms with Crippen molar-refractivity contribution in [3.8, 4) is 0 Å². The Morgan fingerprint density at radius 3 is 2.51 bits per heavy atom. The minimum absolute atomic E-state index is 0.128. The molecule has 2 heterocycles. The molecule has 2 amide bonds. The molecule has 2 N–H and O–H groups in total. The molecule has 0 radical (unpaired) electrons. The average molecular weight is 511 g/mol. The van der Waals surface area contributed by atoms with Crippen molar-refractivity contribution in [2.24, 2.45) is 23.2 Å². The Morgan fingerprint density at radius 1 is 1.11 bits per heavy atom. The maximum atomic E-state index is 13.3. The SMILES string of the molecule is CCn1c(CNC(=O)C23CC4CC(CC(C4)C2)C3)nnc1SCC(=O)Nc1nc2ccccc2s1. The number of hydrogen-bond acceptors (Lipinski definition) is 7. The Labute approximate surface area is 212 Å². The lowest BCUT2D eigenvalue weighted by atomic mass is 9.49. The van der Waals surface area contributed by atoms with Crippen LogP contribution in [0.15, 0.2) is 29.4 Å². The van der Waals surface area contributed by atoms with Gasteiger partial charge in [0.2, 0.25) is 11.8 Å². The first-order valence-corrected chi connectivity index (χ1v) is 14.3. The van der Waals surface area contributed by atoms with E-state index in [4.69, 9.17) is 0 Å². The molecule has 4 saturated carbocycles. The third-order valence-electron chi connectivity index (χ3n) is 7.91. The van der Waals surface area contributed by atoms with E-state index in [1.807, 2.05) is 35.8 Å². The Bertz CT molecular complexity index is 1200. The molecule has 4 fully saturated rings. The molecule has 0 aliphatic heterocycles. The highest BCUT2D eigenvalue weighted by atomic mass is 32.2. The molecular formula is C25H30N6O2S2. The smallest absolute Gasteiger partial charge is 0.236 e. The number of rotatable bonds is 8. The predicted octanol–water partition coefficient (Wildman–Crippen LogP) is 4.47. The van der Waals surface area contributed by atoms with E-state index in [1.54, 1.807) is 0 Å². The molecule has 0 unspecified atom stereocenters. The first-order chi connectivity index (χ1) is 17.0. The zero-order valence-corrected chi connectivity index (χ0v) is 21.5. The average Bonchev–Trinajstić information content (AvgIpc) is 3.42. The molecule has 7 rings (SSSR count). The number of thiazole rings is 1. The summed E-state index contributed by atoms with van der Waals surface area (Å²) in [7, 11) is 0. The summed E-state index contributed by atoms with van der Waals surface area (Å²) in [5.74, 6) is 3.24. The molecular weight excluding hydrogens is 480 g/mol. The number of fused-ring (bicyclic) bond motifs is 1. The van der Waals surface area contributed by atoms with Crippen LogP contribution in [0.25, 0.3) is 10.2 Å². The van der Waals surface area contributed by atoms with Crippen LogP contribution in [-0.4, -0.2) is 37.3 Å². The second-order valence-electron chi connectivity index (χ2n) is 10.3. The largest absolute Gasteiger partial charge is 0.348 e. The molecule has 0 saturated heterocycles. The molecule has 4 aliphatic carbocycles. The fourth-order valence-electron chi connectivity index (χ4n) is 6.82. The van der Waals surface area contributed by atoms with Gasteiger partial charge in [-0.3, -0.25) is 9.59 Å². The normalized spacial score (nSPS) is 26.8. The summed E-state index contributed by atoms with van der Waals surface area (Å²) >= 11 is 2.81. The molecule has 4 aliphatic rings. The van der Waals surface area contributed by atoms with Crippen molar-refractivity contribution in [1.82, 2.24) is 25.1 Å². The summed E-state index contributed by atoms with van der Waals surface area (Å²) in [6, 6.07) is 7.82. The number of benzene rings is 1. The van der Waals surface area contributed by atoms with Crippen molar-refractivity contribution in [2.75, 3.05) is 11.1 Å².